The van der Waals surface area contributed by atoms with Gasteiger partial charge in [0.2, 0.25) is 12.0 Å². The molecule has 5 atom stereocenters. The molecule has 0 radical (unpaired) electrons. The third kappa shape index (κ3) is 3.27. The second-order valence-electron chi connectivity index (χ2n) is 4.95. The number of nitro benzene ring substituents is 2. The highest BCUT2D eigenvalue weighted by atomic mass is 16.7. The molecule has 0 saturated carbocycles. The van der Waals surface area contributed by atoms with E-state index in [1.54, 1.807) is 0 Å². The predicted molar refractivity (Wildman–Crippen MR) is 74.1 cm³/mol. The number of aliphatic hydroxyl groups excluding tert-OH is 4. The van der Waals surface area contributed by atoms with E-state index in [-0.39, 0.29) is 0 Å². The van der Waals surface area contributed by atoms with E-state index in [4.69, 9.17) is 14.6 Å². The van der Waals surface area contributed by atoms with Gasteiger partial charge in [-0.05, 0) is 6.07 Å². The van der Waals surface area contributed by atoms with Crippen molar-refractivity contribution in [2.24, 2.45) is 0 Å². The predicted octanol–water partition coefficient (Wildman–Crippen LogP) is -1.32. The molecule has 12 nitrogen and oxygen atoms in total. The molecule has 24 heavy (non-hydrogen) atoms. The summed E-state index contributed by atoms with van der Waals surface area (Å²) in [6.07, 6.45) is -8.17. The fraction of sp³-hybridized carbons (Fsp3) is 0.500. The standard InChI is InChI=1S/C12H14N2O10/c15-4-7-9(16)10(17)11(18)12(24-7)23-6-3-1-2-5(13(19)20)8(6)14(21)22/h1-3,7,9-12,15-18H,4H2/t7-,9-,10+,11+,12+/m1/s1. The average molecular weight is 346 g/mol. The molecule has 0 aromatic heterocycles. The lowest BCUT2D eigenvalue weighted by molar-refractivity contribution is -0.423. The molecule has 1 saturated heterocycles. The molecule has 0 aliphatic carbocycles. The zero-order valence-electron chi connectivity index (χ0n) is 12.0. The van der Waals surface area contributed by atoms with Crippen LogP contribution in [-0.4, -0.2) is 67.6 Å². The van der Waals surface area contributed by atoms with Crippen molar-refractivity contribution >= 4 is 11.4 Å². The molecular formula is C12H14N2O10. The summed E-state index contributed by atoms with van der Waals surface area (Å²) in [5.41, 5.74) is -1.79. The van der Waals surface area contributed by atoms with Gasteiger partial charge in [0.15, 0.2) is 0 Å². The molecule has 0 bridgehead atoms. The van der Waals surface area contributed by atoms with Crippen LogP contribution in [0, 0.1) is 20.2 Å². The van der Waals surface area contributed by atoms with E-state index in [1.165, 1.54) is 0 Å². The number of rotatable bonds is 5. The second-order valence-corrected chi connectivity index (χ2v) is 4.95. The van der Waals surface area contributed by atoms with Crippen molar-refractivity contribution < 1.29 is 39.7 Å². The van der Waals surface area contributed by atoms with Crippen LogP contribution in [0.3, 0.4) is 0 Å². The van der Waals surface area contributed by atoms with Gasteiger partial charge in [0.25, 0.3) is 0 Å². The normalized spacial score (nSPS) is 29.9. The molecule has 0 spiro atoms. The van der Waals surface area contributed by atoms with Crippen molar-refractivity contribution in [1.29, 1.82) is 0 Å². The third-order valence-corrected chi connectivity index (χ3v) is 3.45. The lowest BCUT2D eigenvalue weighted by Gasteiger charge is -2.39. The van der Waals surface area contributed by atoms with E-state index >= 15 is 0 Å². The Kier molecular flexibility index (Phi) is 5.26. The minimum absolute atomic E-state index is 0.571. The van der Waals surface area contributed by atoms with Gasteiger partial charge in [-0.15, -0.1) is 0 Å². The molecule has 2 rings (SSSR count). The van der Waals surface area contributed by atoms with Crippen LogP contribution in [-0.2, 0) is 4.74 Å². The number of para-hydroxylation sites is 1. The molecule has 1 aromatic rings. The molecule has 0 amide bonds. The van der Waals surface area contributed by atoms with Crippen LogP contribution in [0.25, 0.3) is 0 Å². The number of benzene rings is 1. The minimum atomic E-state index is -1.80. The Hall–Kier alpha value is -2.38. The van der Waals surface area contributed by atoms with Gasteiger partial charge >= 0.3 is 11.4 Å². The minimum Gasteiger partial charge on any atom is -0.454 e. The molecule has 1 aromatic carbocycles. The van der Waals surface area contributed by atoms with Crippen LogP contribution in [0.4, 0.5) is 11.4 Å². The Balaban J connectivity index is 2.35. The first-order valence-electron chi connectivity index (χ1n) is 6.67. The lowest BCUT2D eigenvalue weighted by atomic mass is 9.99. The highest BCUT2D eigenvalue weighted by Crippen LogP contribution is 2.37. The number of ether oxygens (including phenoxy) is 2. The molecule has 132 valence electrons. The molecule has 1 heterocycles. The summed E-state index contributed by atoms with van der Waals surface area (Å²) in [5.74, 6) is -0.571. The van der Waals surface area contributed by atoms with Gasteiger partial charge in [-0.3, -0.25) is 20.2 Å². The Morgan fingerprint density at radius 3 is 2.29 bits per heavy atom. The third-order valence-electron chi connectivity index (χ3n) is 3.45. The molecule has 0 unspecified atom stereocenters. The maximum absolute atomic E-state index is 11.1. The molecule has 1 aliphatic rings. The highest BCUT2D eigenvalue weighted by Gasteiger charge is 2.45. The first-order chi connectivity index (χ1) is 11.3. The molecule has 12 heteroatoms. The first-order valence-corrected chi connectivity index (χ1v) is 6.67. The zero-order chi connectivity index (χ0) is 18.0. The van der Waals surface area contributed by atoms with Crippen LogP contribution >= 0.6 is 0 Å². The van der Waals surface area contributed by atoms with Crippen LogP contribution in [0.1, 0.15) is 0 Å². The number of hydrogen-bond donors (Lipinski definition) is 4. The summed E-state index contributed by atoms with van der Waals surface area (Å²) < 4.78 is 10.1. The SMILES string of the molecule is O=[N+]([O-])c1cccc(O[C@H]2O[C@H](CO)[C@@H](O)[C@H](O)[C@@H]2O)c1[N+](=O)[O-]. The quantitative estimate of drug-likeness (QED) is 0.368. The van der Waals surface area contributed by atoms with E-state index in [0.29, 0.717) is 0 Å². The molecule has 1 fully saturated rings. The largest absolute Gasteiger partial charge is 0.454 e. The van der Waals surface area contributed by atoms with Crippen molar-refractivity contribution in [3.8, 4) is 5.75 Å². The Labute approximate surface area is 133 Å². The smallest absolute Gasteiger partial charge is 0.387 e. The lowest BCUT2D eigenvalue weighted by Crippen LogP contribution is -2.60. The summed E-state index contributed by atoms with van der Waals surface area (Å²) in [7, 11) is 0. The number of hydrogen-bond acceptors (Lipinski definition) is 10. The fourth-order valence-corrected chi connectivity index (χ4v) is 2.23. The molecule has 4 N–H and O–H groups in total. The van der Waals surface area contributed by atoms with Gasteiger partial charge in [-0.25, -0.2) is 0 Å². The first kappa shape index (κ1) is 18.0. The van der Waals surface area contributed by atoms with E-state index in [9.17, 15) is 35.5 Å². The Morgan fingerprint density at radius 1 is 1.08 bits per heavy atom. The maximum Gasteiger partial charge on any atom is 0.387 e. The van der Waals surface area contributed by atoms with E-state index < -0.39 is 64.3 Å². The molecular weight excluding hydrogens is 332 g/mol. The van der Waals surface area contributed by atoms with E-state index in [1.807, 2.05) is 0 Å². The Bertz CT molecular complexity index is 636. The van der Waals surface area contributed by atoms with Gasteiger partial charge in [-0.1, -0.05) is 6.07 Å². The zero-order valence-corrected chi connectivity index (χ0v) is 12.0. The van der Waals surface area contributed by atoms with Gasteiger partial charge in [0.1, 0.15) is 24.4 Å². The molecule has 1 aliphatic heterocycles. The maximum atomic E-state index is 11.1. The second kappa shape index (κ2) is 7.02. The summed E-state index contributed by atoms with van der Waals surface area (Å²) in [5, 5.41) is 60.2. The number of nitrogens with zero attached hydrogens (tertiary/aromatic N) is 2. The highest BCUT2D eigenvalue weighted by molar-refractivity contribution is 5.61. The van der Waals surface area contributed by atoms with E-state index in [0.717, 1.165) is 18.2 Å². The summed E-state index contributed by atoms with van der Waals surface area (Å²) >= 11 is 0. The van der Waals surface area contributed by atoms with Crippen molar-refractivity contribution in [2.45, 2.75) is 30.7 Å². The van der Waals surface area contributed by atoms with Crippen LogP contribution < -0.4 is 4.74 Å². The van der Waals surface area contributed by atoms with Crippen molar-refractivity contribution in [1.82, 2.24) is 0 Å². The summed E-state index contributed by atoms with van der Waals surface area (Å²) in [6, 6.07) is 3.08. The fourth-order valence-electron chi connectivity index (χ4n) is 2.23. The van der Waals surface area contributed by atoms with Gasteiger partial charge in [0, 0.05) is 6.07 Å². The van der Waals surface area contributed by atoms with Crippen molar-refractivity contribution in [3.63, 3.8) is 0 Å². The average Bonchev–Trinajstić information content (AvgIpc) is 2.54. The van der Waals surface area contributed by atoms with Gasteiger partial charge in [0.05, 0.1) is 16.5 Å². The van der Waals surface area contributed by atoms with Crippen LogP contribution in [0.2, 0.25) is 0 Å². The Morgan fingerprint density at radius 2 is 1.75 bits per heavy atom. The van der Waals surface area contributed by atoms with Gasteiger partial charge < -0.3 is 29.9 Å². The summed E-state index contributed by atoms with van der Waals surface area (Å²) in [6.45, 7) is -0.720. The summed E-state index contributed by atoms with van der Waals surface area (Å²) in [4.78, 5) is 20.0. The topological polar surface area (TPSA) is 186 Å². The van der Waals surface area contributed by atoms with Gasteiger partial charge in [-0.2, -0.15) is 0 Å². The number of aliphatic hydroxyl groups is 4. The van der Waals surface area contributed by atoms with Crippen LogP contribution in [0.15, 0.2) is 18.2 Å². The van der Waals surface area contributed by atoms with E-state index in [2.05, 4.69) is 0 Å². The van der Waals surface area contributed by atoms with Crippen molar-refractivity contribution in [3.05, 3.63) is 38.4 Å². The number of nitro groups is 2. The van der Waals surface area contributed by atoms with Crippen molar-refractivity contribution in [2.75, 3.05) is 6.61 Å². The monoisotopic (exact) mass is 346 g/mol. The van der Waals surface area contributed by atoms with Crippen LogP contribution in [0.5, 0.6) is 5.75 Å².